The minimum absolute atomic E-state index is 0.0567. The lowest BCUT2D eigenvalue weighted by Gasteiger charge is -2.26. The smallest absolute Gasteiger partial charge is 0.450 e. The van der Waals surface area contributed by atoms with E-state index in [0.717, 1.165) is 16.9 Å². The number of hydrogen-bond donors (Lipinski definition) is 2. The number of amides is 2. The largest absolute Gasteiger partial charge is 0.497 e. The Morgan fingerprint density at radius 3 is 1.98 bits per heavy atom. The Hall–Kier alpha value is -4.23. The van der Waals surface area contributed by atoms with Crippen molar-refractivity contribution in [3.8, 4) is 5.75 Å². The van der Waals surface area contributed by atoms with Gasteiger partial charge in [0.05, 0.1) is 16.3 Å². The summed E-state index contributed by atoms with van der Waals surface area (Å²) >= 11 is 7.10. The first-order valence-corrected chi connectivity index (χ1v) is 17.4. The van der Waals surface area contributed by atoms with E-state index in [1.807, 2.05) is 0 Å². The lowest BCUT2D eigenvalue weighted by Crippen LogP contribution is -2.41. The molecule has 0 radical (unpaired) electrons. The van der Waals surface area contributed by atoms with Crippen molar-refractivity contribution < 1.29 is 46.6 Å². The summed E-state index contributed by atoms with van der Waals surface area (Å²) in [5.74, 6) is -6.95. The van der Waals surface area contributed by atoms with E-state index in [1.165, 1.54) is 45.2 Å². The molecular formula is C37H42ClF3N2O7S. The van der Waals surface area contributed by atoms with Crippen LogP contribution in [-0.4, -0.2) is 48.2 Å². The maximum absolute atomic E-state index is 14.0. The van der Waals surface area contributed by atoms with Gasteiger partial charge in [0, 0.05) is 31.2 Å². The molecule has 276 valence electrons. The van der Waals surface area contributed by atoms with Gasteiger partial charge in [-0.2, -0.15) is 13.2 Å². The van der Waals surface area contributed by atoms with Gasteiger partial charge in [0.25, 0.3) is 0 Å². The Morgan fingerprint density at radius 2 is 1.47 bits per heavy atom. The van der Waals surface area contributed by atoms with Gasteiger partial charge >= 0.3 is 12.3 Å². The molecule has 2 N–H and O–H groups in total. The number of nitrogens with one attached hydrogen (secondary N) is 2. The van der Waals surface area contributed by atoms with Crippen LogP contribution in [0.15, 0.2) is 60.7 Å². The van der Waals surface area contributed by atoms with Crippen LogP contribution >= 0.6 is 22.9 Å². The molecule has 51 heavy (non-hydrogen) atoms. The van der Waals surface area contributed by atoms with Crippen LogP contribution in [-0.2, 0) is 32.1 Å². The van der Waals surface area contributed by atoms with E-state index in [9.17, 15) is 37.1 Å². The van der Waals surface area contributed by atoms with Gasteiger partial charge < -0.3 is 20.1 Å². The predicted molar refractivity (Wildman–Crippen MR) is 188 cm³/mol. The van der Waals surface area contributed by atoms with Gasteiger partial charge in [-0.1, -0.05) is 61.8 Å². The number of ether oxygens (including phenoxy) is 2. The van der Waals surface area contributed by atoms with Crippen molar-refractivity contribution in [1.82, 2.24) is 10.6 Å². The van der Waals surface area contributed by atoms with Crippen molar-refractivity contribution in [2.24, 2.45) is 17.8 Å². The van der Waals surface area contributed by atoms with E-state index >= 15 is 0 Å². The third kappa shape index (κ3) is 12.8. The molecule has 1 heterocycles. The molecule has 1 aromatic heterocycles. The molecule has 0 saturated heterocycles. The van der Waals surface area contributed by atoms with E-state index < -0.39 is 65.6 Å². The van der Waals surface area contributed by atoms with Gasteiger partial charge in [0.2, 0.25) is 11.7 Å². The predicted octanol–water partition coefficient (Wildman–Crippen LogP) is 8.09. The number of methoxy groups -OCH3 is 1. The summed E-state index contributed by atoms with van der Waals surface area (Å²) in [6, 6.07) is 14.7. The molecule has 0 saturated carbocycles. The number of benzene rings is 2. The average molecular weight is 751 g/mol. The zero-order valence-corrected chi connectivity index (χ0v) is 30.8. The highest BCUT2D eigenvalue weighted by molar-refractivity contribution is 7.18. The molecule has 3 atom stereocenters. The van der Waals surface area contributed by atoms with Crippen molar-refractivity contribution in [2.75, 3.05) is 7.11 Å². The van der Waals surface area contributed by atoms with Crippen molar-refractivity contribution in [1.29, 1.82) is 0 Å². The van der Waals surface area contributed by atoms with Gasteiger partial charge in [-0.25, -0.2) is 4.79 Å². The fourth-order valence-electron chi connectivity index (χ4n) is 5.19. The summed E-state index contributed by atoms with van der Waals surface area (Å²) in [5.41, 5.74) is 1.00. The molecule has 3 rings (SSSR count). The normalized spacial score (nSPS) is 13.5. The number of alkyl halides is 3. The Labute approximate surface area is 304 Å². The lowest BCUT2D eigenvalue weighted by atomic mass is 9.84. The molecule has 0 unspecified atom stereocenters. The molecule has 0 bridgehead atoms. The number of carbonyl (C=O) groups is 5. The van der Waals surface area contributed by atoms with Crippen LogP contribution in [0.1, 0.15) is 79.9 Å². The number of Topliss-reactive ketones (excluding diaryl/α,β-unsaturated/α-hetero) is 3. The van der Waals surface area contributed by atoms with Crippen LogP contribution in [0.4, 0.5) is 18.0 Å². The SMILES string of the molecule is COc1ccc([C@H](NC(=O)[C@@H](CC(=O)c2ccc(Cl)s2)Cc2ccc(CNC(=O)OC(C)(C)C)cc2)C(=O)C[C@H](C(=O)C(F)(F)F)C(C)C)cc1. The van der Waals surface area contributed by atoms with E-state index in [1.54, 1.807) is 57.2 Å². The van der Waals surface area contributed by atoms with Crippen LogP contribution in [0.25, 0.3) is 0 Å². The molecule has 3 aromatic rings. The quantitative estimate of drug-likeness (QED) is 0.142. The minimum Gasteiger partial charge on any atom is -0.497 e. The van der Waals surface area contributed by atoms with Gasteiger partial charge in [-0.3, -0.25) is 19.2 Å². The topological polar surface area (TPSA) is 128 Å². The van der Waals surface area contributed by atoms with Crippen molar-refractivity contribution >= 4 is 52.3 Å². The molecule has 0 aliphatic heterocycles. The maximum atomic E-state index is 14.0. The van der Waals surface area contributed by atoms with Gasteiger partial charge in [-0.15, -0.1) is 11.3 Å². The molecule has 0 aliphatic rings. The van der Waals surface area contributed by atoms with Gasteiger partial charge in [0.15, 0.2) is 11.6 Å². The molecule has 0 fully saturated rings. The number of halogens is 4. The van der Waals surface area contributed by atoms with Gasteiger partial charge in [0.1, 0.15) is 17.4 Å². The summed E-state index contributed by atoms with van der Waals surface area (Å²) in [4.78, 5) is 65.8. The third-order valence-electron chi connectivity index (χ3n) is 7.89. The highest BCUT2D eigenvalue weighted by atomic mass is 35.5. The Bertz CT molecular complexity index is 1680. The summed E-state index contributed by atoms with van der Waals surface area (Å²) in [6.07, 6.45) is -6.72. The summed E-state index contributed by atoms with van der Waals surface area (Å²) < 4.78 is 51.2. The second kappa shape index (κ2) is 17.8. The fraction of sp³-hybridized carbons (Fsp3) is 0.432. The Kier molecular flexibility index (Phi) is 14.4. The highest BCUT2D eigenvalue weighted by Gasteiger charge is 2.45. The van der Waals surface area contributed by atoms with E-state index in [-0.39, 0.29) is 30.7 Å². The first-order valence-electron chi connectivity index (χ1n) is 16.2. The summed E-state index contributed by atoms with van der Waals surface area (Å²) in [5, 5.41) is 5.35. The van der Waals surface area contributed by atoms with Crippen molar-refractivity contribution in [3.05, 3.63) is 86.6 Å². The average Bonchev–Trinajstić information content (AvgIpc) is 3.50. The van der Waals surface area contributed by atoms with Crippen LogP contribution in [0.3, 0.4) is 0 Å². The van der Waals surface area contributed by atoms with Crippen molar-refractivity contribution in [3.63, 3.8) is 0 Å². The number of hydrogen-bond acceptors (Lipinski definition) is 8. The first-order chi connectivity index (χ1) is 23.8. The number of thiophene rings is 1. The second-order valence-electron chi connectivity index (χ2n) is 13.4. The molecular weight excluding hydrogens is 709 g/mol. The molecule has 9 nitrogen and oxygen atoms in total. The maximum Gasteiger partial charge on any atom is 0.450 e. The number of alkyl carbamates (subject to hydrolysis) is 1. The zero-order chi connectivity index (χ0) is 38.1. The molecule has 0 spiro atoms. The van der Waals surface area contributed by atoms with E-state index in [2.05, 4.69) is 10.6 Å². The monoisotopic (exact) mass is 750 g/mol. The molecule has 0 aliphatic carbocycles. The van der Waals surface area contributed by atoms with E-state index in [0.29, 0.717) is 20.5 Å². The third-order valence-corrected chi connectivity index (χ3v) is 9.16. The molecule has 2 amide bonds. The molecule has 14 heteroatoms. The van der Waals surface area contributed by atoms with Crippen LogP contribution in [0.2, 0.25) is 4.34 Å². The number of ketones is 3. The first kappa shape index (κ1) is 41.2. The van der Waals surface area contributed by atoms with Crippen LogP contribution < -0.4 is 15.4 Å². The zero-order valence-electron chi connectivity index (χ0n) is 29.2. The summed E-state index contributed by atoms with van der Waals surface area (Å²) in [7, 11) is 1.43. The highest BCUT2D eigenvalue weighted by Crippen LogP contribution is 2.31. The Balaban J connectivity index is 1.91. The second-order valence-corrected chi connectivity index (χ2v) is 15.1. The van der Waals surface area contributed by atoms with Crippen LogP contribution in [0.5, 0.6) is 5.75 Å². The Morgan fingerprint density at radius 1 is 0.863 bits per heavy atom. The van der Waals surface area contributed by atoms with Crippen LogP contribution in [0, 0.1) is 17.8 Å². The number of rotatable bonds is 16. The standard InChI is InChI=1S/C37H42ClF3N2O7S/c1-21(2)27(33(46)37(39,40)41)19-29(45)32(24-11-13-26(49-6)14-12-24)43-34(47)25(18-28(44)30-15-16-31(38)51-30)17-22-7-9-23(10-8-22)20-42-35(48)50-36(3,4)5/h7-16,21,25,27,32H,17-20H2,1-6H3,(H,42,48)(H,43,47)/t25-,27+,32+/m1/s1. The summed E-state index contributed by atoms with van der Waals surface area (Å²) in [6.45, 7) is 8.25. The van der Waals surface area contributed by atoms with E-state index in [4.69, 9.17) is 21.1 Å². The van der Waals surface area contributed by atoms with Crippen molar-refractivity contribution in [2.45, 2.75) is 78.2 Å². The molecule has 2 aromatic carbocycles. The number of carbonyl (C=O) groups excluding carboxylic acids is 5. The van der Waals surface area contributed by atoms with Gasteiger partial charge in [-0.05, 0) is 74.1 Å². The lowest BCUT2D eigenvalue weighted by molar-refractivity contribution is -0.177. The minimum atomic E-state index is -5.15. The fourth-order valence-corrected chi connectivity index (χ4v) is 6.19.